The van der Waals surface area contributed by atoms with Crippen LogP contribution in [0.5, 0.6) is 5.88 Å². The Morgan fingerprint density at radius 1 is 1.38 bits per heavy atom. The average molecular weight is 287 g/mol. The van der Waals surface area contributed by atoms with Crippen LogP contribution < -0.4 is 4.74 Å². The van der Waals surface area contributed by atoms with Gasteiger partial charge in [-0.1, -0.05) is 29.8 Å². The summed E-state index contributed by atoms with van der Waals surface area (Å²) in [7, 11) is 0. The molecule has 0 saturated heterocycles. The number of alkyl halides is 1. The maximum absolute atomic E-state index is 5.32. The van der Waals surface area contributed by atoms with Crippen LogP contribution in [0.2, 0.25) is 0 Å². The maximum atomic E-state index is 5.32. The molecule has 1 rings (SSSR count). The van der Waals surface area contributed by atoms with Gasteiger partial charge in [0.05, 0.1) is 18.5 Å². The zero-order chi connectivity index (χ0) is 12.0. The molecule has 0 fully saturated rings. The molecule has 1 atom stereocenters. The van der Waals surface area contributed by atoms with Gasteiger partial charge in [-0.15, -0.1) is 0 Å². The maximum Gasteiger partial charge on any atom is 0.232 e. The summed E-state index contributed by atoms with van der Waals surface area (Å²) in [4.78, 5) is 8.98. The lowest BCUT2D eigenvalue weighted by Gasteiger charge is -2.11. The van der Waals surface area contributed by atoms with E-state index < -0.39 is 0 Å². The summed E-state index contributed by atoms with van der Waals surface area (Å²) >= 11 is 3.67. The second kappa shape index (κ2) is 6.84. The van der Waals surface area contributed by atoms with Crippen molar-refractivity contribution >= 4 is 15.9 Å². The van der Waals surface area contributed by atoms with Crippen LogP contribution in [0.25, 0.3) is 0 Å². The van der Waals surface area contributed by atoms with Crippen LogP contribution in [0, 0.1) is 5.92 Å². The van der Waals surface area contributed by atoms with Crippen molar-refractivity contribution in [1.29, 1.82) is 0 Å². The first-order valence-corrected chi connectivity index (χ1v) is 6.61. The molecular weight excluding hydrogens is 268 g/mol. The zero-order valence-electron chi connectivity index (χ0n) is 10.1. The van der Waals surface area contributed by atoms with Gasteiger partial charge in [-0.3, -0.25) is 4.98 Å². The summed E-state index contributed by atoms with van der Waals surface area (Å²) in [6.07, 6.45) is 5.49. The molecule has 0 aliphatic heterocycles. The quantitative estimate of drug-likeness (QED) is 0.753. The topological polar surface area (TPSA) is 35.0 Å². The average Bonchev–Trinajstić information content (AvgIpc) is 2.17. The summed E-state index contributed by atoms with van der Waals surface area (Å²) in [5.41, 5.74) is 0.980. The van der Waals surface area contributed by atoms with Gasteiger partial charge in [-0.2, -0.15) is 0 Å². The van der Waals surface area contributed by atoms with Crippen LogP contribution in [0.4, 0.5) is 0 Å². The summed E-state index contributed by atoms with van der Waals surface area (Å²) in [6, 6.07) is 0. The molecule has 0 aromatic carbocycles. The highest BCUT2D eigenvalue weighted by Gasteiger charge is 2.09. The fraction of sp³-hybridized carbons (Fsp3) is 0.667. The van der Waals surface area contributed by atoms with E-state index in [1.807, 2.05) is 6.92 Å². The van der Waals surface area contributed by atoms with Gasteiger partial charge in [0, 0.05) is 17.4 Å². The van der Waals surface area contributed by atoms with Gasteiger partial charge < -0.3 is 4.74 Å². The lowest BCUT2D eigenvalue weighted by Crippen LogP contribution is -2.08. The van der Waals surface area contributed by atoms with Gasteiger partial charge >= 0.3 is 0 Å². The lowest BCUT2D eigenvalue weighted by molar-refractivity contribution is 0.324. The second-order valence-electron chi connectivity index (χ2n) is 4.21. The van der Waals surface area contributed by atoms with Crippen LogP contribution in [-0.4, -0.2) is 21.4 Å². The number of aromatic nitrogens is 2. The Morgan fingerprint density at radius 3 is 2.75 bits per heavy atom. The van der Waals surface area contributed by atoms with Gasteiger partial charge in [0.2, 0.25) is 5.88 Å². The molecule has 0 radical (unpaired) electrons. The second-order valence-corrected chi connectivity index (χ2v) is 5.51. The Morgan fingerprint density at radius 2 is 2.12 bits per heavy atom. The number of ether oxygens (including phenoxy) is 1. The van der Waals surface area contributed by atoms with Crippen molar-refractivity contribution in [2.75, 3.05) is 6.61 Å². The van der Waals surface area contributed by atoms with Gasteiger partial charge in [0.15, 0.2) is 0 Å². The standard InChI is InChI=1S/C12H19BrN2O/c1-4-16-12-8-14-7-11(15-12)6-10(13)5-9(2)3/h7-10H,4-6H2,1-3H3. The van der Waals surface area contributed by atoms with E-state index in [1.165, 1.54) is 0 Å². The monoisotopic (exact) mass is 286 g/mol. The third-order valence-corrected chi connectivity index (χ3v) is 2.81. The molecule has 0 aliphatic rings. The highest BCUT2D eigenvalue weighted by atomic mass is 79.9. The highest BCUT2D eigenvalue weighted by Crippen LogP contribution is 2.17. The Balaban J connectivity index is 2.55. The summed E-state index contributed by atoms with van der Waals surface area (Å²) < 4.78 is 5.32. The molecule has 1 unspecified atom stereocenters. The number of hydrogen-bond acceptors (Lipinski definition) is 3. The van der Waals surface area contributed by atoms with Gasteiger partial charge in [0.1, 0.15) is 0 Å². The largest absolute Gasteiger partial charge is 0.477 e. The molecule has 0 amide bonds. The van der Waals surface area contributed by atoms with E-state index in [9.17, 15) is 0 Å². The predicted molar refractivity (Wildman–Crippen MR) is 69.1 cm³/mol. The molecule has 90 valence electrons. The number of halogens is 1. The van der Waals surface area contributed by atoms with E-state index in [-0.39, 0.29) is 0 Å². The van der Waals surface area contributed by atoms with E-state index in [1.54, 1.807) is 12.4 Å². The smallest absolute Gasteiger partial charge is 0.232 e. The predicted octanol–water partition coefficient (Wildman–Crippen LogP) is 3.23. The third-order valence-electron chi connectivity index (χ3n) is 2.11. The van der Waals surface area contributed by atoms with E-state index >= 15 is 0 Å². The molecule has 0 bridgehead atoms. The minimum absolute atomic E-state index is 0.457. The molecular formula is C12H19BrN2O. The minimum Gasteiger partial charge on any atom is -0.477 e. The first kappa shape index (κ1) is 13.4. The van der Waals surface area contributed by atoms with Crippen LogP contribution >= 0.6 is 15.9 Å². The number of rotatable bonds is 6. The molecule has 16 heavy (non-hydrogen) atoms. The van der Waals surface area contributed by atoms with Crippen molar-refractivity contribution in [3.05, 3.63) is 18.1 Å². The Kier molecular flexibility index (Phi) is 5.74. The van der Waals surface area contributed by atoms with Crippen molar-refractivity contribution < 1.29 is 4.74 Å². The van der Waals surface area contributed by atoms with Gasteiger partial charge in [-0.05, 0) is 19.3 Å². The fourth-order valence-electron chi connectivity index (χ4n) is 1.52. The Hall–Kier alpha value is -0.640. The molecule has 0 N–H and O–H groups in total. The SMILES string of the molecule is CCOc1cncc(CC(Br)CC(C)C)n1. The molecule has 1 aromatic rings. The molecule has 0 spiro atoms. The summed E-state index contributed by atoms with van der Waals surface area (Å²) in [5, 5.41) is 0. The van der Waals surface area contributed by atoms with E-state index in [0.29, 0.717) is 23.2 Å². The minimum atomic E-state index is 0.457. The zero-order valence-corrected chi connectivity index (χ0v) is 11.7. The van der Waals surface area contributed by atoms with E-state index in [4.69, 9.17) is 4.74 Å². The van der Waals surface area contributed by atoms with Crippen LogP contribution in [0.1, 0.15) is 32.9 Å². The Labute approximate surface area is 106 Å². The van der Waals surface area contributed by atoms with E-state index in [2.05, 4.69) is 39.7 Å². The molecule has 1 aromatic heterocycles. The first-order valence-electron chi connectivity index (χ1n) is 5.69. The van der Waals surface area contributed by atoms with Crippen molar-refractivity contribution in [2.24, 2.45) is 5.92 Å². The molecule has 3 nitrogen and oxygen atoms in total. The molecule has 1 heterocycles. The molecule has 0 aliphatic carbocycles. The molecule has 4 heteroatoms. The molecule has 0 saturated carbocycles. The number of hydrogen-bond donors (Lipinski definition) is 0. The van der Waals surface area contributed by atoms with Crippen LogP contribution in [-0.2, 0) is 6.42 Å². The normalized spacial score (nSPS) is 12.8. The van der Waals surface area contributed by atoms with E-state index in [0.717, 1.165) is 18.5 Å². The third kappa shape index (κ3) is 4.92. The Bertz CT molecular complexity index is 318. The van der Waals surface area contributed by atoms with Gasteiger partial charge in [-0.25, -0.2) is 4.98 Å². The van der Waals surface area contributed by atoms with Crippen molar-refractivity contribution in [2.45, 2.75) is 38.4 Å². The first-order chi connectivity index (χ1) is 7.61. The lowest BCUT2D eigenvalue weighted by atomic mass is 10.1. The highest BCUT2D eigenvalue weighted by molar-refractivity contribution is 9.09. The number of nitrogens with zero attached hydrogens (tertiary/aromatic N) is 2. The van der Waals surface area contributed by atoms with Crippen molar-refractivity contribution in [1.82, 2.24) is 9.97 Å². The summed E-state index contributed by atoms with van der Waals surface area (Å²) in [6.45, 7) is 7.01. The van der Waals surface area contributed by atoms with Crippen LogP contribution in [0.15, 0.2) is 12.4 Å². The summed E-state index contributed by atoms with van der Waals surface area (Å²) in [5.74, 6) is 1.30. The van der Waals surface area contributed by atoms with Crippen LogP contribution in [0.3, 0.4) is 0 Å². The van der Waals surface area contributed by atoms with Crippen molar-refractivity contribution in [3.8, 4) is 5.88 Å². The van der Waals surface area contributed by atoms with Crippen molar-refractivity contribution in [3.63, 3.8) is 0 Å². The van der Waals surface area contributed by atoms with Gasteiger partial charge in [0.25, 0.3) is 0 Å². The fourth-order valence-corrected chi connectivity index (χ4v) is 2.60.